The number of hydrogen-bond donors (Lipinski definition) is 0. The van der Waals surface area contributed by atoms with E-state index >= 15 is 0 Å². The predicted molar refractivity (Wildman–Crippen MR) is 69.1 cm³/mol. The quantitative estimate of drug-likeness (QED) is 0.746. The first-order valence-corrected chi connectivity index (χ1v) is 6.59. The van der Waals surface area contributed by atoms with E-state index in [9.17, 15) is 0 Å². The lowest BCUT2D eigenvalue weighted by molar-refractivity contribution is 0.597. The van der Waals surface area contributed by atoms with Crippen molar-refractivity contribution in [3.63, 3.8) is 0 Å². The molecule has 0 aliphatic carbocycles. The van der Waals surface area contributed by atoms with Crippen LogP contribution >= 0.6 is 15.9 Å². The first-order valence-electron chi connectivity index (χ1n) is 5.47. The second-order valence-electron chi connectivity index (χ2n) is 3.99. The van der Waals surface area contributed by atoms with Crippen LogP contribution in [0.15, 0.2) is 17.8 Å². The van der Waals surface area contributed by atoms with Crippen LogP contribution in [0.2, 0.25) is 0 Å². The molecule has 0 unspecified atom stereocenters. The second-order valence-corrected chi connectivity index (χ2v) is 4.55. The third kappa shape index (κ3) is 3.49. The van der Waals surface area contributed by atoms with E-state index in [4.69, 9.17) is 0 Å². The van der Waals surface area contributed by atoms with Crippen LogP contribution in [0.4, 0.5) is 0 Å². The molecule has 0 aliphatic rings. The number of aromatic nitrogens is 2. The summed E-state index contributed by atoms with van der Waals surface area (Å²) in [5.41, 5.74) is 2.62. The summed E-state index contributed by atoms with van der Waals surface area (Å²) in [6.45, 7) is 7.59. The maximum absolute atomic E-state index is 4.31. The van der Waals surface area contributed by atoms with E-state index in [-0.39, 0.29) is 0 Å². The lowest BCUT2D eigenvalue weighted by Gasteiger charge is -2.09. The zero-order valence-electron chi connectivity index (χ0n) is 9.70. The van der Waals surface area contributed by atoms with Crippen LogP contribution < -0.4 is 0 Å². The topological polar surface area (TPSA) is 17.8 Å². The lowest BCUT2D eigenvalue weighted by Crippen LogP contribution is -2.03. The zero-order chi connectivity index (χ0) is 11.3. The van der Waals surface area contributed by atoms with Gasteiger partial charge < -0.3 is 0 Å². The highest BCUT2D eigenvalue weighted by Gasteiger charge is 2.04. The van der Waals surface area contributed by atoms with Crippen molar-refractivity contribution in [3.05, 3.63) is 23.5 Å². The van der Waals surface area contributed by atoms with E-state index in [1.165, 1.54) is 11.3 Å². The Balaban J connectivity index is 2.90. The number of allylic oxidation sites excluding steroid dienone is 1. The molecule has 0 bridgehead atoms. The number of aryl methyl sites for hydroxylation is 1. The van der Waals surface area contributed by atoms with Gasteiger partial charge in [-0.15, -0.1) is 0 Å². The Morgan fingerprint density at radius 3 is 2.87 bits per heavy atom. The second kappa shape index (κ2) is 6.11. The molecule has 0 saturated carbocycles. The van der Waals surface area contributed by atoms with Crippen molar-refractivity contribution in [3.8, 4) is 0 Å². The normalized spacial score (nSPS) is 12.5. The van der Waals surface area contributed by atoms with Crippen LogP contribution in [-0.2, 0) is 6.54 Å². The van der Waals surface area contributed by atoms with Gasteiger partial charge in [0.2, 0.25) is 0 Å². The van der Waals surface area contributed by atoms with Gasteiger partial charge in [-0.1, -0.05) is 42.3 Å². The molecule has 0 spiro atoms. The molecule has 84 valence electrons. The van der Waals surface area contributed by atoms with E-state index in [1.54, 1.807) is 0 Å². The molecule has 1 rings (SSSR count). The lowest BCUT2D eigenvalue weighted by atomic mass is 10.0. The minimum atomic E-state index is 0.578. The highest BCUT2D eigenvalue weighted by atomic mass is 79.9. The van der Waals surface area contributed by atoms with Crippen molar-refractivity contribution in [2.45, 2.75) is 33.7 Å². The SMILES string of the molecule is CCCn1nccc1/C=C(/CBr)C(C)C. The maximum atomic E-state index is 4.31. The average Bonchev–Trinajstić information content (AvgIpc) is 2.62. The van der Waals surface area contributed by atoms with Gasteiger partial charge in [0.1, 0.15) is 0 Å². The molecule has 0 atom stereocenters. The van der Waals surface area contributed by atoms with Gasteiger partial charge in [0, 0.05) is 18.1 Å². The summed E-state index contributed by atoms with van der Waals surface area (Å²) in [4.78, 5) is 0. The molecule has 1 aromatic rings. The highest BCUT2D eigenvalue weighted by Crippen LogP contribution is 2.16. The fraction of sp³-hybridized carbons (Fsp3) is 0.583. The molecule has 0 fully saturated rings. The molecule has 2 nitrogen and oxygen atoms in total. The summed E-state index contributed by atoms with van der Waals surface area (Å²) >= 11 is 3.53. The molecule has 1 aromatic heterocycles. The average molecular weight is 271 g/mol. The zero-order valence-corrected chi connectivity index (χ0v) is 11.3. The largest absolute Gasteiger partial charge is 0.266 e. The fourth-order valence-corrected chi connectivity index (χ4v) is 2.22. The molecular formula is C12H19BrN2. The van der Waals surface area contributed by atoms with Crippen LogP contribution in [0.5, 0.6) is 0 Å². The Morgan fingerprint density at radius 1 is 1.60 bits per heavy atom. The van der Waals surface area contributed by atoms with Crippen molar-refractivity contribution in [2.75, 3.05) is 5.33 Å². The molecule has 15 heavy (non-hydrogen) atoms. The van der Waals surface area contributed by atoms with Gasteiger partial charge in [-0.25, -0.2) is 0 Å². The molecule has 0 radical (unpaired) electrons. The van der Waals surface area contributed by atoms with E-state index in [2.05, 4.69) is 58.6 Å². The van der Waals surface area contributed by atoms with Gasteiger partial charge >= 0.3 is 0 Å². The third-order valence-electron chi connectivity index (χ3n) is 2.41. The number of halogens is 1. The van der Waals surface area contributed by atoms with E-state index in [1.807, 2.05) is 6.20 Å². The van der Waals surface area contributed by atoms with Crippen LogP contribution in [0.1, 0.15) is 32.9 Å². The summed E-state index contributed by atoms with van der Waals surface area (Å²) in [5.74, 6) is 0.578. The van der Waals surface area contributed by atoms with Crippen LogP contribution in [0.3, 0.4) is 0 Å². The van der Waals surface area contributed by atoms with E-state index < -0.39 is 0 Å². The molecule has 3 heteroatoms. The summed E-state index contributed by atoms with van der Waals surface area (Å²) in [5, 5.41) is 5.24. The Hall–Kier alpha value is -0.570. The van der Waals surface area contributed by atoms with Crippen molar-refractivity contribution in [1.29, 1.82) is 0 Å². The Morgan fingerprint density at radius 2 is 2.33 bits per heavy atom. The monoisotopic (exact) mass is 270 g/mol. The molecule has 0 N–H and O–H groups in total. The van der Waals surface area contributed by atoms with Gasteiger partial charge in [0.15, 0.2) is 0 Å². The van der Waals surface area contributed by atoms with Crippen LogP contribution in [0, 0.1) is 5.92 Å². The van der Waals surface area contributed by atoms with Crippen molar-refractivity contribution in [2.24, 2.45) is 5.92 Å². The van der Waals surface area contributed by atoms with Gasteiger partial charge in [-0.05, 0) is 24.5 Å². The molecule has 0 aliphatic heterocycles. The van der Waals surface area contributed by atoms with Crippen molar-refractivity contribution >= 4 is 22.0 Å². The summed E-state index contributed by atoms with van der Waals surface area (Å²) in [6.07, 6.45) is 5.23. The Kier molecular flexibility index (Phi) is 5.09. The van der Waals surface area contributed by atoms with Crippen molar-refractivity contribution in [1.82, 2.24) is 9.78 Å². The molecule has 0 aromatic carbocycles. The Labute approximate surface area is 101 Å². The van der Waals surface area contributed by atoms with E-state index in [0.717, 1.165) is 18.3 Å². The third-order valence-corrected chi connectivity index (χ3v) is 3.06. The van der Waals surface area contributed by atoms with Gasteiger partial charge in [0.05, 0.1) is 5.69 Å². The number of hydrogen-bond acceptors (Lipinski definition) is 1. The molecule has 1 heterocycles. The van der Waals surface area contributed by atoms with Gasteiger partial charge in [0.25, 0.3) is 0 Å². The highest BCUT2D eigenvalue weighted by molar-refractivity contribution is 9.09. The van der Waals surface area contributed by atoms with Crippen LogP contribution in [0.25, 0.3) is 6.08 Å². The van der Waals surface area contributed by atoms with Crippen molar-refractivity contribution < 1.29 is 0 Å². The standard InChI is InChI=1S/C12H19BrN2/c1-4-7-15-12(5-6-14-15)8-11(9-13)10(2)3/h5-6,8,10H,4,7,9H2,1-3H3/b11-8-. The minimum absolute atomic E-state index is 0.578. The predicted octanol–water partition coefficient (Wildman–Crippen LogP) is 3.73. The van der Waals surface area contributed by atoms with Gasteiger partial charge in [-0.2, -0.15) is 5.10 Å². The molecule has 0 saturated heterocycles. The minimum Gasteiger partial charge on any atom is -0.266 e. The summed E-state index contributed by atoms with van der Waals surface area (Å²) in [7, 11) is 0. The number of nitrogens with zero attached hydrogens (tertiary/aromatic N) is 2. The molecular weight excluding hydrogens is 252 g/mol. The first-order chi connectivity index (χ1) is 7.19. The number of rotatable bonds is 5. The Bertz CT molecular complexity index is 326. The number of alkyl halides is 1. The maximum Gasteiger partial charge on any atom is 0.0609 e. The summed E-state index contributed by atoms with van der Waals surface area (Å²) < 4.78 is 2.06. The first kappa shape index (κ1) is 12.5. The van der Waals surface area contributed by atoms with E-state index in [0.29, 0.717) is 5.92 Å². The summed E-state index contributed by atoms with van der Waals surface area (Å²) in [6, 6.07) is 2.07. The van der Waals surface area contributed by atoms with Gasteiger partial charge in [-0.3, -0.25) is 4.68 Å². The van der Waals surface area contributed by atoms with Crippen LogP contribution in [-0.4, -0.2) is 15.1 Å². The molecule has 0 amide bonds. The fourth-order valence-electron chi connectivity index (χ4n) is 1.41. The smallest absolute Gasteiger partial charge is 0.0609 e.